The minimum atomic E-state index is -3.63. The number of hydrogen-bond acceptors (Lipinski definition) is 4. The highest BCUT2D eigenvalue weighted by Gasteiger charge is 2.37. The lowest BCUT2D eigenvalue weighted by atomic mass is 9.78. The average molecular weight is 366 g/mol. The van der Waals surface area contributed by atoms with Crippen molar-refractivity contribution in [3.05, 3.63) is 17.7 Å². The standard InChI is InChI=1S/C18H26N2O4S/c1-11-6-5-7-15(13(11)3)20(4)25(22,23)17-9-16-14(8-12(17)2)19-18(21)10-24-16/h8-9,11,13,15H,5-7,10H2,1-4H3,(H,19,21)/t11-,13+,15-/m1/s1. The first kappa shape index (κ1) is 18.2. The summed E-state index contributed by atoms with van der Waals surface area (Å²) in [6, 6.07) is 3.21. The average Bonchev–Trinajstić information content (AvgIpc) is 2.55. The molecule has 2 aliphatic rings. The van der Waals surface area contributed by atoms with Crippen molar-refractivity contribution in [2.75, 3.05) is 19.0 Å². The van der Waals surface area contributed by atoms with E-state index in [1.165, 1.54) is 10.4 Å². The molecule has 0 saturated heterocycles. The van der Waals surface area contributed by atoms with Crippen LogP contribution in [-0.2, 0) is 14.8 Å². The van der Waals surface area contributed by atoms with Gasteiger partial charge in [0.15, 0.2) is 6.61 Å². The fraction of sp³-hybridized carbons (Fsp3) is 0.611. The lowest BCUT2D eigenvalue weighted by Crippen LogP contribution is -2.45. The third kappa shape index (κ3) is 3.27. The van der Waals surface area contributed by atoms with E-state index >= 15 is 0 Å². The van der Waals surface area contributed by atoms with Crippen molar-refractivity contribution in [2.24, 2.45) is 11.8 Å². The third-order valence-electron chi connectivity index (χ3n) is 5.70. The van der Waals surface area contributed by atoms with Crippen molar-refractivity contribution in [2.45, 2.75) is 51.0 Å². The van der Waals surface area contributed by atoms with Crippen LogP contribution in [0.3, 0.4) is 0 Å². The first-order chi connectivity index (χ1) is 11.7. The van der Waals surface area contributed by atoms with Gasteiger partial charge in [0.05, 0.1) is 10.6 Å². The highest BCUT2D eigenvalue weighted by Crippen LogP contribution is 2.37. The van der Waals surface area contributed by atoms with Gasteiger partial charge in [-0.2, -0.15) is 4.31 Å². The minimum Gasteiger partial charge on any atom is -0.482 e. The van der Waals surface area contributed by atoms with Crippen LogP contribution in [0, 0.1) is 18.8 Å². The van der Waals surface area contributed by atoms with E-state index in [1.807, 2.05) is 0 Å². The summed E-state index contributed by atoms with van der Waals surface area (Å²) in [5.41, 5.74) is 1.13. The zero-order valence-electron chi connectivity index (χ0n) is 15.2. The topological polar surface area (TPSA) is 75.7 Å². The first-order valence-corrected chi connectivity index (χ1v) is 10.2. The third-order valence-corrected chi connectivity index (χ3v) is 7.72. The molecule has 0 spiro atoms. The summed E-state index contributed by atoms with van der Waals surface area (Å²) in [5.74, 6) is 1.01. The molecule has 1 amide bonds. The van der Waals surface area contributed by atoms with Crippen molar-refractivity contribution in [1.82, 2.24) is 4.31 Å². The minimum absolute atomic E-state index is 0.00445. The van der Waals surface area contributed by atoms with E-state index in [0.717, 1.165) is 19.3 Å². The lowest BCUT2D eigenvalue weighted by molar-refractivity contribution is -0.118. The lowest BCUT2D eigenvalue weighted by Gasteiger charge is -2.39. The molecule has 1 aliphatic carbocycles. The summed E-state index contributed by atoms with van der Waals surface area (Å²) in [5, 5.41) is 2.71. The van der Waals surface area contributed by atoms with Crippen LogP contribution in [0.5, 0.6) is 5.75 Å². The number of amides is 1. The molecule has 138 valence electrons. The van der Waals surface area contributed by atoms with Crippen LogP contribution in [-0.4, -0.2) is 38.3 Å². The molecule has 3 rings (SSSR count). The van der Waals surface area contributed by atoms with Crippen LogP contribution < -0.4 is 10.1 Å². The van der Waals surface area contributed by atoms with Crippen molar-refractivity contribution in [3.63, 3.8) is 0 Å². The van der Waals surface area contributed by atoms with Gasteiger partial charge in [0, 0.05) is 19.2 Å². The molecular formula is C18H26N2O4S. The fourth-order valence-electron chi connectivity index (χ4n) is 3.89. The fourth-order valence-corrected chi connectivity index (χ4v) is 5.58. The smallest absolute Gasteiger partial charge is 0.262 e. The van der Waals surface area contributed by atoms with E-state index in [2.05, 4.69) is 19.2 Å². The number of fused-ring (bicyclic) bond motifs is 1. The van der Waals surface area contributed by atoms with Gasteiger partial charge in [-0.1, -0.05) is 26.7 Å². The molecular weight excluding hydrogens is 340 g/mol. The Bertz CT molecular complexity index is 791. The summed E-state index contributed by atoms with van der Waals surface area (Å²) in [4.78, 5) is 11.7. The van der Waals surface area contributed by atoms with Crippen LogP contribution in [0.1, 0.15) is 38.7 Å². The van der Waals surface area contributed by atoms with Crippen LogP contribution >= 0.6 is 0 Å². The quantitative estimate of drug-likeness (QED) is 0.892. The van der Waals surface area contributed by atoms with E-state index in [1.54, 1.807) is 20.0 Å². The van der Waals surface area contributed by atoms with Crippen LogP contribution in [0.4, 0.5) is 5.69 Å². The first-order valence-electron chi connectivity index (χ1n) is 8.77. The van der Waals surface area contributed by atoms with Crippen LogP contribution in [0.25, 0.3) is 0 Å². The molecule has 0 unspecified atom stereocenters. The summed E-state index contributed by atoms with van der Waals surface area (Å²) in [7, 11) is -1.96. The number of nitrogens with zero attached hydrogens (tertiary/aromatic N) is 1. The van der Waals surface area contributed by atoms with Crippen molar-refractivity contribution < 1.29 is 17.9 Å². The van der Waals surface area contributed by atoms with Gasteiger partial charge in [0.1, 0.15) is 5.75 Å². The van der Waals surface area contributed by atoms with Crippen molar-refractivity contribution in [3.8, 4) is 5.75 Å². The molecule has 3 atom stereocenters. The highest BCUT2D eigenvalue weighted by atomic mass is 32.2. The molecule has 0 aromatic heterocycles. The van der Waals surface area contributed by atoms with Gasteiger partial charge in [-0.3, -0.25) is 4.79 Å². The van der Waals surface area contributed by atoms with E-state index < -0.39 is 10.0 Å². The second kappa shape index (κ2) is 6.61. The maximum atomic E-state index is 13.2. The Morgan fingerprint density at radius 1 is 1.24 bits per heavy atom. The molecule has 6 nitrogen and oxygen atoms in total. The molecule has 0 bridgehead atoms. The van der Waals surface area contributed by atoms with Gasteiger partial charge in [0.2, 0.25) is 10.0 Å². The van der Waals surface area contributed by atoms with Gasteiger partial charge in [0.25, 0.3) is 5.91 Å². The van der Waals surface area contributed by atoms with Crippen LogP contribution in [0.15, 0.2) is 17.0 Å². The number of ether oxygens (including phenoxy) is 1. The summed E-state index contributed by atoms with van der Waals surface area (Å²) >= 11 is 0. The summed E-state index contributed by atoms with van der Waals surface area (Å²) < 4.78 is 33.4. The molecule has 1 aliphatic heterocycles. The molecule has 25 heavy (non-hydrogen) atoms. The second-order valence-corrected chi connectivity index (χ2v) is 9.27. The van der Waals surface area contributed by atoms with E-state index in [4.69, 9.17) is 4.74 Å². The Balaban J connectivity index is 1.95. The van der Waals surface area contributed by atoms with E-state index in [9.17, 15) is 13.2 Å². The van der Waals surface area contributed by atoms with Crippen LogP contribution in [0.2, 0.25) is 0 Å². The largest absolute Gasteiger partial charge is 0.482 e. The Labute approximate surface area is 149 Å². The van der Waals surface area contributed by atoms with Crippen molar-refractivity contribution in [1.29, 1.82) is 0 Å². The van der Waals surface area contributed by atoms with Crippen molar-refractivity contribution >= 4 is 21.6 Å². The maximum absolute atomic E-state index is 13.2. The maximum Gasteiger partial charge on any atom is 0.262 e. The molecule has 1 N–H and O–H groups in total. The molecule has 1 aromatic rings. The molecule has 1 saturated carbocycles. The predicted molar refractivity (Wildman–Crippen MR) is 96.2 cm³/mol. The normalized spacial score (nSPS) is 26.8. The number of rotatable bonds is 3. The number of benzene rings is 1. The SMILES string of the molecule is Cc1cc2c(cc1S(=O)(=O)N(C)[C@@H]1CCC[C@@H](C)[C@@H]1C)OCC(=O)N2. The number of hydrogen-bond donors (Lipinski definition) is 1. The second-order valence-electron chi connectivity index (χ2n) is 7.31. The molecule has 1 aromatic carbocycles. The Morgan fingerprint density at radius 2 is 1.96 bits per heavy atom. The van der Waals surface area contributed by atoms with E-state index in [0.29, 0.717) is 28.8 Å². The van der Waals surface area contributed by atoms with Gasteiger partial charge in [-0.25, -0.2) is 8.42 Å². The number of carbonyl (C=O) groups is 1. The van der Waals surface area contributed by atoms with Gasteiger partial charge < -0.3 is 10.1 Å². The zero-order chi connectivity index (χ0) is 18.4. The summed E-state index contributed by atoms with van der Waals surface area (Å²) in [6.45, 7) is 5.98. The zero-order valence-corrected chi connectivity index (χ0v) is 16.0. The van der Waals surface area contributed by atoms with Gasteiger partial charge >= 0.3 is 0 Å². The highest BCUT2D eigenvalue weighted by molar-refractivity contribution is 7.89. The number of anilines is 1. The predicted octanol–water partition coefficient (Wildman–Crippen LogP) is 2.77. The molecule has 1 fully saturated rings. The molecule has 1 heterocycles. The number of aryl methyl sites for hydroxylation is 1. The Hall–Kier alpha value is -1.60. The Morgan fingerprint density at radius 3 is 2.68 bits per heavy atom. The number of carbonyl (C=O) groups excluding carboxylic acids is 1. The molecule has 0 radical (unpaired) electrons. The summed E-state index contributed by atoms with van der Waals surface area (Å²) in [6.07, 6.45) is 3.09. The van der Waals surface area contributed by atoms with Gasteiger partial charge in [-0.05, 0) is 36.8 Å². The monoisotopic (exact) mass is 366 g/mol. The number of sulfonamides is 1. The van der Waals surface area contributed by atoms with Gasteiger partial charge in [-0.15, -0.1) is 0 Å². The van der Waals surface area contributed by atoms with E-state index in [-0.39, 0.29) is 23.5 Å². The Kier molecular flexibility index (Phi) is 4.81. The number of nitrogens with one attached hydrogen (secondary N) is 1. The molecule has 7 heteroatoms.